The predicted molar refractivity (Wildman–Crippen MR) is 87.8 cm³/mol. The number of nitrogens with one attached hydrogen (secondary N) is 2. The van der Waals surface area contributed by atoms with E-state index in [4.69, 9.17) is 4.74 Å². The van der Waals surface area contributed by atoms with E-state index in [0.717, 1.165) is 11.1 Å². The monoisotopic (exact) mass is 330 g/mol. The van der Waals surface area contributed by atoms with Gasteiger partial charge < -0.3 is 4.74 Å². The molecule has 126 valence electrons. The summed E-state index contributed by atoms with van der Waals surface area (Å²) in [5.74, 6) is -0.684. The normalized spacial score (nSPS) is 10.1. The Morgan fingerprint density at radius 2 is 1.62 bits per heavy atom. The number of benzene rings is 2. The minimum atomic E-state index is -0.481. The highest BCUT2D eigenvalue weighted by Gasteiger charge is 2.09. The summed E-state index contributed by atoms with van der Waals surface area (Å²) in [5.41, 5.74) is 6.92. The standard InChI is InChI=1S/C18H19FN2O3/c1-12-5-3-6-13(2)18(12)24-11-17(23)21-20-16(22)10-14-7-4-8-15(19)9-14/h3-9H,10-11H2,1-2H3,(H,20,22)(H,21,23). The van der Waals surface area contributed by atoms with E-state index in [2.05, 4.69) is 10.9 Å². The number of hydrogen-bond acceptors (Lipinski definition) is 3. The first-order valence-electron chi connectivity index (χ1n) is 7.47. The number of hydrogen-bond donors (Lipinski definition) is 2. The molecule has 0 saturated carbocycles. The van der Waals surface area contributed by atoms with Gasteiger partial charge >= 0.3 is 0 Å². The minimum Gasteiger partial charge on any atom is -0.483 e. The molecule has 0 aliphatic carbocycles. The smallest absolute Gasteiger partial charge is 0.276 e. The Morgan fingerprint density at radius 1 is 1.00 bits per heavy atom. The van der Waals surface area contributed by atoms with Crippen molar-refractivity contribution in [2.75, 3.05) is 6.61 Å². The third kappa shape index (κ3) is 5.08. The van der Waals surface area contributed by atoms with Crippen LogP contribution in [0.5, 0.6) is 5.75 Å². The van der Waals surface area contributed by atoms with Crippen LogP contribution in [0.1, 0.15) is 16.7 Å². The Hall–Kier alpha value is -2.89. The van der Waals surface area contributed by atoms with Gasteiger partial charge in [-0.15, -0.1) is 0 Å². The Labute approximate surface area is 139 Å². The first kappa shape index (κ1) is 17.5. The van der Waals surface area contributed by atoms with Crippen molar-refractivity contribution in [2.45, 2.75) is 20.3 Å². The largest absolute Gasteiger partial charge is 0.483 e. The molecule has 0 aliphatic rings. The molecule has 0 aromatic heterocycles. The molecular formula is C18H19FN2O3. The molecule has 0 radical (unpaired) electrons. The summed E-state index contributed by atoms with van der Waals surface area (Å²) < 4.78 is 18.5. The molecule has 0 spiro atoms. The molecule has 0 heterocycles. The van der Waals surface area contributed by atoms with E-state index in [1.54, 1.807) is 6.07 Å². The van der Waals surface area contributed by atoms with Gasteiger partial charge in [-0.05, 0) is 42.7 Å². The Kier molecular flexibility index (Phi) is 5.89. The zero-order chi connectivity index (χ0) is 17.5. The van der Waals surface area contributed by atoms with Crippen LogP contribution in [-0.4, -0.2) is 18.4 Å². The van der Waals surface area contributed by atoms with Gasteiger partial charge in [0.05, 0.1) is 6.42 Å². The summed E-state index contributed by atoms with van der Waals surface area (Å²) in [7, 11) is 0. The third-order valence-electron chi connectivity index (χ3n) is 3.35. The highest BCUT2D eigenvalue weighted by Crippen LogP contribution is 2.21. The summed E-state index contributed by atoms with van der Waals surface area (Å²) in [6.45, 7) is 3.56. The van der Waals surface area contributed by atoms with Gasteiger partial charge in [-0.25, -0.2) is 4.39 Å². The predicted octanol–water partition coefficient (Wildman–Crippen LogP) is 2.21. The molecule has 2 aromatic rings. The first-order chi connectivity index (χ1) is 11.5. The number of para-hydroxylation sites is 1. The maximum absolute atomic E-state index is 13.0. The van der Waals surface area contributed by atoms with Crippen LogP contribution in [0.2, 0.25) is 0 Å². The lowest BCUT2D eigenvalue weighted by Gasteiger charge is -2.12. The van der Waals surface area contributed by atoms with Crippen molar-refractivity contribution in [1.82, 2.24) is 10.9 Å². The number of carbonyl (C=O) groups is 2. The molecule has 2 aromatic carbocycles. The van der Waals surface area contributed by atoms with E-state index < -0.39 is 17.6 Å². The molecule has 0 bridgehead atoms. The lowest BCUT2D eigenvalue weighted by molar-refractivity contribution is -0.129. The fourth-order valence-corrected chi connectivity index (χ4v) is 2.22. The van der Waals surface area contributed by atoms with E-state index in [9.17, 15) is 14.0 Å². The molecule has 6 heteroatoms. The van der Waals surface area contributed by atoms with Crippen molar-refractivity contribution in [3.8, 4) is 5.75 Å². The zero-order valence-electron chi connectivity index (χ0n) is 13.6. The highest BCUT2D eigenvalue weighted by atomic mass is 19.1. The average Bonchev–Trinajstić information content (AvgIpc) is 2.52. The number of rotatable bonds is 5. The third-order valence-corrected chi connectivity index (χ3v) is 3.35. The average molecular weight is 330 g/mol. The maximum Gasteiger partial charge on any atom is 0.276 e. The van der Waals surface area contributed by atoms with Crippen molar-refractivity contribution in [1.29, 1.82) is 0 Å². The second-order valence-electron chi connectivity index (χ2n) is 5.41. The Balaban J connectivity index is 1.78. The van der Waals surface area contributed by atoms with Crippen LogP contribution in [0.15, 0.2) is 42.5 Å². The quantitative estimate of drug-likeness (QED) is 0.826. The van der Waals surface area contributed by atoms with Gasteiger partial charge in [0.2, 0.25) is 5.91 Å². The van der Waals surface area contributed by atoms with Gasteiger partial charge in [0.25, 0.3) is 5.91 Å². The van der Waals surface area contributed by atoms with E-state index in [0.29, 0.717) is 11.3 Å². The van der Waals surface area contributed by atoms with Crippen molar-refractivity contribution < 1.29 is 18.7 Å². The van der Waals surface area contributed by atoms with Crippen molar-refractivity contribution in [3.05, 3.63) is 65.0 Å². The second-order valence-corrected chi connectivity index (χ2v) is 5.41. The van der Waals surface area contributed by atoms with Crippen LogP contribution in [-0.2, 0) is 16.0 Å². The van der Waals surface area contributed by atoms with Gasteiger partial charge in [-0.3, -0.25) is 20.4 Å². The van der Waals surface area contributed by atoms with Crippen LogP contribution in [0, 0.1) is 19.7 Å². The summed E-state index contributed by atoms with van der Waals surface area (Å²) >= 11 is 0. The Bertz CT molecular complexity index is 727. The number of amides is 2. The molecule has 0 saturated heterocycles. The number of halogens is 1. The number of ether oxygens (including phenoxy) is 1. The molecule has 0 fully saturated rings. The first-order valence-corrected chi connectivity index (χ1v) is 7.47. The maximum atomic E-state index is 13.0. The highest BCUT2D eigenvalue weighted by molar-refractivity contribution is 5.83. The van der Waals surface area contributed by atoms with E-state index in [1.807, 2.05) is 32.0 Å². The molecular weight excluding hydrogens is 311 g/mol. The van der Waals surface area contributed by atoms with E-state index in [-0.39, 0.29) is 13.0 Å². The fraction of sp³-hybridized carbons (Fsp3) is 0.222. The minimum absolute atomic E-state index is 0.0319. The van der Waals surface area contributed by atoms with Gasteiger partial charge in [0.1, 0.15) is 11.6 Å². The lowest BCUT2D eigenvalue weighted by atomic mass is 10.1. The van der Waals surface area contributed by atoms with E-state index in [1.165, 1.54) is 18.2 Å². The van der Waals surface area contributed by atoms with Crippen LogP contribution in [0.4, 0.5) is 4.39 Å². The van der Waals surface area contributed by atoms with Crippen LogP contribution in [0.3, 0.4) is 0 Å². The number of hydrazine groups is 1. The molecule has 2 rings (SSSR count). The SMILES string of the molecule is Cc1cccc(C)c1OCC(=O)NNC(=O)Cc1cccc(F)c1. The van der Waals surface area contributed by atoms with Crippen LogP contribution >= 0.6 is 0 Å². The van der Waals surface area contributed by atoms with Gasteiger partial charge in [-0.1, -0.05) is 30.3 Å². The fourth-order valence-electron chi connectivity index (χ4n) is 2.22. The van der Waals surface area contributed by atoms with E-state index >= 15 is 0 Å². The van der Waals surface area contributed by atoms with Gasteiger partial charge in [0, 0.05) is 0 Å². The summed E-state index contributed by atoms with van der Waals surface area (Å²) in [5, 5.41) is 0. The number of aryl methyl sites for hydroxylation is 2. The summed E-state index contributed by atoms with van der Waals surface area (Å²) in [4.78, 5) is 23.5. The van der Waals surface area contributed by atoms with Gasteiger partial charge in [-0.2, -0.15) is 0 Å². The van der Waals surface area contributed by atoms with Crippen LogP contribution < -0.4 is 15.6 Å². The van der Waals surface area contributed by atoms with Crippen LogP contribution in [0.25, 0.3) is 0 Å². The van der Waals surface area contributed by atoms with Crippen molar-refractivity contribution >= 4 is 11.8 Å². The zero-order valence-corrected chi connectivity index (χ0v) is 13.6. The molecule has 0 unspecified atom stereocenters. The molecule has 0 atom stereocenters. The Morgan fingerprint density at radius 3 is 2.29 bits per heavy atom. The molecule has 2 amide bonds. The van der Waals surface area contributed by atoms with Gasteiger partial charge in [0.15, 0.2) is 6.61 Å². The molecule has 2 N–H and O–H groups in total. The second kappa shape index (κ2) is 8.10. The topological polar surface area (TPSA) is 67.4 Å². The molecule has 24 heavy (non-hydrogen) atoms. The molecule has 5 nitrogen and oxygen atoms in total. The lowest BCUT2D eigenvalue weighted by Crippen LogP contribution is -2.44. The summed E-state index contributed by atoms with van der Waals surface area (Å²) in [6.07, 6.45) is -0.0319. The molecule has 0 aliphatic heterocycles. The van der Waals surface area contributed by atoms with Crippen molar-refractivity contribution in [2.24, 2.45) is 0 Å². The van der Waals surface area contributed by atoms with Crippen molar-refractivity contribution in [3.63, 3.8) is 0 Å². The summed E-state index contributed by atoms with van der Waals surface area (Å²) in [6, 6.07) is 11.4. The number of carbonyl (C=O) groups excluding carboxylic acids is 2.